The summed E-state index contributed by atoms with van der Waals surface area (Å²) in [5.41, 5.74) is 1.30. The molecule has 4 nitrogen and oxygen atoms in total. The minimum atomic E-state index is -0.483. The van der Waals surface area contributed by atoms with Crippen LogP contribution in [0.1, 0.15) is 46.0 Å². The summed E-state index contributed by atoms with van der Waals surface area (Å²) >= 11 is 0. The van der Waals surface area contributed by atoms with Gasteiger partial charge in [-0.2, -0.15) is 0 Å². The first-order valence-corrected chi connectivity index (χ1v) is 7.41. The molecule has 0 aromatic heterocycles. The molecule has 1 saturated carbocycles. The summed E-state index contributed by atoms with van der Waals surface area (Å²) in [6, 6.07) is 0. The van der Waals surface area contributed by atoms with Gasteiger partial charge in [0.25, 0.3) is 0 Å². The molecule has 110 valence electrons. The van der Waals surface area contributed by atoms with Crippen LogP contribution in [0.4, 0.5) is 0 Å². The van der Waals surface area contributed by atoms with Crippen molar-refractivity contribution in [3.63, 3.8) is 0 Å². The Morgan fingerprint density at radius 2 is 2.10 bits per heavy atom. The summed E-state index contributed by atoms with van der Waals surface area (Å²) in [5, 5.41) is 0. The van der Waals surface area contributed by atoms with Crippen LogP contribution >= 0.6 is 0 Å². The van der Waals surface area contributed by atoms with Crippen LogP contribution in [-0.4, -0.2) is 25.7 Å². The van der Waals surface area contributed by atoms with Crippen LogP contribution in [0.5, 0.6) is 0 Å². The van der Waals surface area contributed by atoms with E-state index in [2.05, 4.69) is 6.92 Å². The third-order valence-corrected chi connectivity index (χ3v) is 5.82. The van der Waals surface area contributed by atoms with Crippen molar-refractivity contribution in [3.05, 3.63) is 11.1 Å². The van der Waals surface area contributed by atoms with Gasteiger partial charge >= 0.3 is 11.9 Å². The van der Waals surface area contributed by atoms with Gasteiger partial charge in [-0.25, -0.2) is 4.79 Å². The van der Waals surface area contributed by atoms with E-state index in [0.717, 1.165) is 43.3 Å². The zero-order valence-corrected chi connectivity index (χ0v) is 12.5. The van der Waals surface area contributed by atoms with Crippen molar-refractivity contribution in [2.24, 2.45) is 16.7 Å². The Bertz CT molecular complexity index is 507. The minimum Gasteiger partial charge on any atom is -0.469 e. The van der Waals surface area contributed by atoms with Gasteiger partial charge in [0.05, 0.1) is 12.5 Å². The maximum atomic E-state index is 12.3. The molecule has 4 heteroatoms. The topological polar surface area (TPSA) is 52.6 Å². The van der Waals surface area contributed by atoms with Crippen LogP contribution in [0.15, 0.2) is 11.1 Å². The first-order valence-electron chi connectivity index (χ1n) is 7.41. The van der Waals surface area contributed by atoms with Crippen molar-refractivity contribution in [2.75, 3.05) is 13.7 Å². The zero-order valence-electron chi connectivity index (χ0n) is 12.5. The highest BCUT2D eigenvalue weighted by atomic mass is 16.5. The van der Waals surface area contributed by atoms with Gasteiger partial charge in [-0.3, -0.25) is 4.79 Å². The third-order valence-electron chi connectivity index (χ3n) is 5.82. The predicted molar refractivity (Wildman–Crippen MR) is 72.8 cm³/mol. The van der Waals surface area contributed by atoms with Gasteiger partial charge in [0.2, 0.25) is 0 Å². The summed E-state index contributed by atoms with van der Waals surface area (Å²) in [6.07, 6.45) is 4.56. The molecule has 2 aliphatic carbocycles. The van der Waals surface area contributed by atoms with E-state index in [1.54, 1.807) is 0 Å². The summed E-state index contributed by atoms with van der Waals surface area (Å²) in [4.78, 5) is 24.4. The van der Waals surface area contributed by atoms with E-state index in [-0.39, 0.29) is 23.3 Å². The van der Waals surface area contributed by atoms with Crippen LogP contribution in [0.2, 0.25) is 0 Å². The van der Waals surface area contributed by atoms with Crippen LogP contribution < -0.4 is 0 Å². The maximum Gasteiger partial charge on any atom is 0.334 e. The van der Waals surface area contributed by atoms with Crippen molar-refractivity contribution in [1.29, 1.82) is 0 Å². The van der Waals surface area contributed by atoms with Gasteiger partial charge in [0, 0.05) is 11.0 Å². The number of esters is 2. The molecule has 1 fully saturated rings. The lowest BCUT2D eigenvalue weighted by Gasteiger charge is -2.52. The number of cyclic esters (lactones) is 1. The van der Waals surface area contributed by atoms with E-state index >= 15 is 0 Å². The van der Waals surface area contributed by atoms with Gasteiger partial charge in [-0.05, 0) is 44.1 Å². The van der Waals surface area contributed by atoms with Gasteiger partial charge in [0.15, 0.2) is 0 Å². The average molecular weight is 278 g/mol. The SMILES string of the molecule is COC(=O)C1(C)CCCC2(C)C3=C(CCC12)COC3=O. The number of fused-ring (bicyclic) bond motifs is 2. The lowest BCUT2D eigenvalue weighted by molar-refractivity contribution is -0.163. The van der Waals surface area contributed by atoms with Crippen molar-refractivity contribution in [1.82, 2.24) is 0 Å². The molecule has 0 bridgehead atoms. The molecule has 0 aromatic carbocycles. The van der Waals surface area contributed by atoms with Crippen molar-refractivity contribution < 1.29 is 19.1 Å². The van der Waals surface area contributed by atoms with Crippen LogP contribution in [0.25, 0.3) is 0 Å². The maximum absolute atomic E-state index is 12.3. The van der Waals surface area contributed by atoms with E-state index in [1.807, 2.05) is 6.92 Å². The van der Waals surface area contributed by atoms with E-state index in [0.29, 0.717) is 6.61 Å². The molecule has 0 amide bonds. The van der Waals surface area contributed by atoms with E-state index in [1.165, 1.54) is 7.11 Å². The monoisotopic (exact) mass is 278 g/mol. The Hall–Kier alpha value is -1.32. The highest BCUT2D eigenvalue weighted by Gasteiger charge is 2.58. The second-order valence-corrected chi connectivity index (χ2v) is 6.83. The normalized spacial score (nSPS) is 40.0. The Morgan fingerprint density at radius 3 is 2.80 bits per heavy atom. The molecule has 1 aliphatic heterocycles. The first-order chi connectivity index (χ1) is 9.43. The number of methoxy groups -OCH3 is 1. The number of rotatable bonds is 1. The lowest BCUT2D eigenvalue weighted by Crippen LogP contribution is -2.51. The predicted octanol–water partition coefficient (Wildman–Crippen LogP) is 2.62. The third kappa shape index (κ3) is 1.60. The molecule has 0 saturated heterocycles. The summed E-state index contributed by atoms with van der Waals surface area (Å²) in [7, 11) is 1.46. The lowest BCUT2D eigenvalue weighted by atomic mass is 9.50. The van der Waals surface area contributed by atoms with Gasteiger partial charge in [-0.15, -0.1) is 0 Å². The Kier molecular flexibility index (Phi) is 2.96. The average Bonchev–Trinajstić information content (AvgIpc) is 2.80. The summed E-state index contributed by atoms with van der Waals surface area (Å²) in [6.45, 7) is 4.59. The Labute approximate surface area is 119 Å². The molecule has 0 N–H and O–H groups in total. The molecule has 1 heterocycles. The fourth-order valence-corrected chi connectivity index (χ4v) is 4.88. The second-order valence-electron chi connectivity index (χ2n) is 6.83. The van der Waals surface area contributed by atoms with Crippen molar-refractivity contribution in [2.45, 2.75) is 46.0 Å². The fourth-order valence-electron chi connectivity index (χ4n) is 4.88. The van der Waals surface area contributed by atoms with Gasteiger partial charge < -0.3 is 9.47 Å². The molecule has 3 atom stereocenters. The van der Waals surface area contributed by atoms with Crippen LogP contribution in [0, 0.1) is 16.7 Å². The van der Waals surface area contributed by atoms with Crippen molar-refractivity contribution in [3.8, 4) is 0 Å². The second kappa shape index (κ2) is 4.34. The highest BCUT2D eigenvalue weighted by Crippen LogP contribution is 2.61. The molecule has 0 aromatic rings. The Balaban J connectivity index is 2.06. The number of carbonyl (C=O) groups is 2. The van der Waals surface area contributed by atoms with Crippen LogP contribution in [0.3, 0.4) is 0 Å². The number of hydrogen-bond donors (Lipinski definition) is 0. The fraction of sp³-hybridized carbons (Fsp3) is 0.750. The smallest absolute Gasteiger partial charge is 0.334 e. The number of ether oxygens (including phenoxy) is 2. The molecule has 0 spiro atoms. The molecule has 20 heavy (non-hydrogen) atoms. The quantitative estimate of drug-likeness (QED) is 0.692. The first kappa shape index (κ1) is 13.7. The van der Waals surface area contributed by atoms with E-state index in [9.17, 15) is 9.59 Å². The van der Waals surface area contributed by atoms with Gasteiger partial charge in [0.1, 0.15) is 6.61 Å². The number of hydrogen-bond acceptors (Lipinski definition) is 4. The number of carbonyl (C=O) groups excluding carboxylic acids is 2. The zero-order chi connectivity index (χ0) is 14.5. The molecule has 3 unspecified atom stereocenters. The minimum absolute atomic E-state index is 0.135. The summed E-state index contributed by atoms with van der Waals surface area (Å²) < 4.78 is 10.3. The Morgan fingerprint density at radius 1 is 1.35 bits per heavy atom. The molecular formula is C16H22O4. The molecule has 3 rings (SSSR count). The van der Waals surface area contributed by atoms with Crippen molar-refractivity contribution >= 4 is 11.9 Å². The highest BCUT2D eigenvalue weighted by molar-refractivity contribution is 5.94. The van der Waals surface area contributed by atoms with E-state index in [4.69, 9.17) is 9.47 Å². The molecular weight excluding hydrogens is 256 g/mol. The summed E-state index contributed by atoms with van der Waals surface area (Å²) in [5.74, 6) is -0.134. The van der Waals surface area contributed by atoms with Crippen LogP contribution in [-0.2, 0) is 19.1 Å². The largest absolute Gasteiger partial charge is 0.469 e. The molecule has 3 aliphatic rings. The molecule has 0 radical (unpaired) electrons. The standard InChI is InChI=1S/C16H22O4/c1-15-7-4-8-16(2,14(18)19-3)11(15)6-5-10-9-20-13(17)12(10)15/h11H,4-9H2,1-3H3. The van der Waals surface area contributed by atoms with Gasteiger partial charge in [-0.1, -0.05) is 13.3 Å². The van der Waals surface area contributed by atoms with E-state index < -0.39 is 5.41 Å².